The molecule has 0 saturated carbocycles. The van der Waals surface area contributed by atoms with Crippen LogP contribution in [0.1, 0.15) is 64.3 Å². The Labute approximate surface area is 283 Å². The van der Waals surface area contributed by atoms with Gasteiger partial charge in [0.05, 0.1) is 31.3 Å². The van der Waals surface area contributed by atoms with Gasteiger partial charge in [-0.1, -0.05) is 83.2 Å². The average Bonchev–Trinajstić information content (AvgIpc) is 3.10. The number of amides is 1. The second kappa shape index (κ2) is 21.0. The first-order valence-corrected chi connectivity index (χ1v) is 17.1. The van der Waals surface area contributed by atoms with Crippen LogP contribution in [-0.4, -0.2) is 91.2 Å². The van der Waals surface area contributed by atoms with E-state index in [1.165, 1.54) is 35.5 Å². The minimum atomic E-state index is -0.181. The summed E-state index contributed by atoms with van der Waals surface area (Å²) < 4.78 is 5.29. The van der Waals surface area contributed by atoms with Crippen LogP contribution in [0.5, 0.6) is 6.01 Å². The van der Waals surface area contributed by atoms with Gasteiger partial charge in [-0.15, -0.1) is 0 Å². The highest BCUT2D eigenvalue weighted by molar-refractivity contribution is 5.87. The summed E-state index contributed by atoms with van der Waals surface area (Å²) in [5.41, 5.74) is 3.48. The van der Waals surface area contributed by atoms with Crippen molar-refractivity contribution in [2.24, 2.45) is 0 Å². The Kier molecular flexibility index (Phi) is 17.5. The molecule has 256 valence electrons. The minimum absolute atomic E-state index is 0.131. The van der Waals surface area contributed by atoms with E-state index < -0.39 is 0 Å². The Morgan fingerprint density at radius 1 is 1.11 bits per heavy atom. The van der Waals surface area contributed by atoms with Crippen molar-refractivity contribution < 1.29 is 9.53 Å². The van der Waals surface area contributed by atoms with Gasteiger partial charge in [0.25, 0.3) is 0 Å². The molecule has 47 heavy (non-hydrogen) atoms. The van der Waals surface area contributed by atoms with Gasteiger partial charge in [0.2, 0.25) is 5.91 Å². The number of aromatic nitrogens is 2. The van der Waals surface area contributed by atoms with Crippen LogP contribution in [0.4, 0.5) is 5.82 Å². The number of nitrogens with one attached hydrogen (secondary N) is 1. The molecule has 3 aromatic rings. The zero-order valence-electron chi connectivity index (χ0n) is 30.1. The number of fused-ring (bicyclic) bond motifs is 1. The molecule has 2 fully saturated rings. The van der Waals surface area contributed by atoms with E-state index in [9.17, 15) is 10.1 Å². The highest BCUT2D eigenvalue weighted by atomic mass is 16.5. The molecule has 0 aliphatic carbocycles. The average molecular weight is 644 g/mol. The van der Waals surface area contributed by atoms with E-state index in [4.69, 9.17) is 4.74 Å². The number of hydrogen-bond acceptors (Lipinski definition) is 8. The highest BCUT2D eigenvalue weighted by Crippen LogP contribution is 2.28. The van der Waals surface area contributed by atoms with Gasteiger partial charge in [-0.05, 0) is 56.1 Å². The predicted molar refractivity (Wildman–Crippen MR) is 195 cm³/mol. The second-order valence-corrected chi connectivity index (χ2v) is 11.7. The smallest absolute Gasteiger partial charge is 0.318 e. The van der Waals surface area contributed by atoms with Gasteiger partial charge >= 0.3 is 6.01 Å². The molecule has 3 heterocycles. The summed E-state index contributed by atoms with van der Waals surface area (Å²) in [6.07, 6.45) is 4.27. The van der Waals surface area contributed by atoms with Crippen molar-refractivity contribution in [1.82, 2.24) is 25.1 Å². The van der Waals surface area contributed by atoms with Gasteiger partial charge < -0.3 is 24.8 Å². The third-order valence-electron chi connectivity index (χ3n) is 8.21. The molecule has 2 saturated heterocycles. The number of ether oxygens (including phenoxy) is 1. The zero-order valence-corrected chi connectivity index (χ0v) is 30.1. The molecule has 5 rings (SSSR count). The zero-order chi connectivity index (χ0) is 34.8. The van der Waals surface area contributed by atoms with Crippen LogP contribution in [-0.2, 0) is 17.6 Å². The molecule has 1 N–H and O–H groups in total. The molecule has 1 amide bonds. The molecule has 2 aromatic carbocycles. The first-order valence-electron chi connectivity index (χ1n) is 17.1. The normalized spacial score (nSPS) is 17.5. The molecule has 2 atom stereocenters. The van der Waals surface area contributed by atoms with Crippen molar-refractivity contribution in [3.63, 3.8) is 0 Å². The number of carbonyl (C=O) groups excluding carboxylic acids is 1. The van der Waals surface area contributed by atoms with Crippen molar-refractivity contribution in [2.45, 2.75) is 79.3 Å². The highest BCUT2D eigenvalue weighted by Gasteiger charge is 2.31. The van der Waals surface area contributed by atoms with Crippen molar-refractivity contribution in [2.75, 3.05) is 58.3 Å². The summed E-state index contributed by atoms with van der Waals surface area (Å²) in [5.74, 6) is 0.734. The third-order valence-corrected chi connectivity index (χ3v) is 8.21. The number of nitriles is 1. The molecule has 0 radical (unpaired) electrons. The van der Waals surface area contributed by atoms with Crippen molar-refractivity contribution in [3.8, 4) is 12.1 Å². The van der Waals surface area contributed by atoms with E-state index in [1.54, 1.807) is 12.0 Å². The molecule has 0 spiro atoms. The van der Waals surface area contributed by atoms with Gasteiger partial charge in [0.1, 0.15) is 5.82 Å². The van der Waals surface area contributed by atoms with E-state index in [2.05, 4.69) is 115 Å². The summed E-state index contributed by atoms with van der Waals surface area (Å²) in [6.45, 7) is 21.4. The van der Waals surface area contributed by atoms with Crippen molar-refractivity contribution in [3.05, 3.63) is 71.9 Å². The number of carbonyl (C=O) groups is 1. The Bertz CT molecular complexity index is 1420. The predicted octanol–water partition coefficient (Wildman–Crippen LogP) is 6.20. The first-order chi connectivity index (χ1) is 22.8. The maximum atomic E-state index is 12.1. The van der Waals surface area contributed by atoms with Gasteiger partial charge in [-0.2, -0.15) is 15.2 Å². The van der Waals surface area contributed by atoms with E-state index >= 15 is 0 Å². The van der Waals surface area contributed by atoms with E-state index in [0.717, 1.165) is 42.9 Å². The minimum Gasteiger partial charge on any atom is -0.467 e. The number of hydrogen-bond donors (Lipinski definition) is 1. The molecular formula is C38H57N7O2. The van der Waals surface area contributed by atoms with Gasteiger partial charge in [0, 0.05) is 50.9 Å². The Morgan fingerprint density at radius 2 is 1.83 bits per heavy atom. The maximum Gasteiger partial charge on any atom is 0.318 e. The molecule has 9 heteroatoms. The molecular weight excluding hydrogens is 586 g/mol. The number of methoxy groups -OCH3 is 1. The maximum absolute atomic E-state index is 12.1. The van der Waals surface area contributed by atoms with E-state index in [0.29, 0.717) is 31.7 Å². The Morgan fingerprint density at radius 3 is 2.40 bits per heavy atom. The number of benzene rings is 2. The largest absolute Gasteiger partial charge is 0.467 e. The molecule has 9 nitrogen and oxygen atoms in total. The third kappa shape index (κ3) is 11.6. The monoisotopic (exact) mass is 643 g/mol. The van der Waals surface area contributed by atoms with Crippen LogP contribution in [0, 0.1) is 18.3 Å². The van der Waals surface area contributed by atoms with Gasteiger partial charge in [0.15, 0.2) is 0 Å². The Balaban J connectivity index is 0.000000295. The lowest BCUT2D eigenvalue weighted by molar-refractivity contribution is -0.128. The van der Waals surface area contributed by atoms with E-state index in [1.807, 2.05) is 13.8 Å². The van der Waals surface area contributed by atoms with Crippen LogP contribution in [0.2, 0.25) is 0 Å². The summed E-state index contributed by atoms with van der Waals surface area (Å²) >= 11 is 0. The molecule has 2 aliphatic heterocycles. The topological polar surface area (TPSA) is 97.6 Å². The van der Waals surface area contributed by atoms with Crippen molar-refractivity contribution >= 4 is 22.5 Å². The fraction of sp³-hybridized carbons (Fsp3) is 0.526. The van der Waals surface area contributed by atoms with Crippen LogP contribution in [0.15, 0.2) is 55.1 Å². The SMILES string of the molecule is C=CC(=O)N1CCN(c2nc(OC)nc(CC)c2CCC)CC1CC#N.CC.CC1CN(C)CCN1.Cc1cccc2ccccc12. The lowest BCUT2D eigenvalue weighted by Crippen LogP contribution is -2.55. The van der Waals surface area contributed by atoms with Crippen LogP contribution in [0.3, 0.4) is 0 Å². The van der Waals surface area contributed by atoms with Crippen molar-refractivity contribution in [1.29, 1.82) is 5.26 Å². The van der Waals surface area contributed by atoms with E-state index in [-0.39, 0.29) is 18.4 Å². The Hall–Kier alpha value is -4.00. The fourth-order valence-electron chi connectivity index (χ4n) is 5.89. The van der Waals surface area contributed by atoms with Gasteiger partial charge in [-0.25, -0.2) is 0 Å². The summed E-state index contributed by atoms with van der Waals surface area (Å²) in [5, 5.41) is 15.2. The molecule has 1 aromatic heterocycles. The van der Waals surface area contributed by atoms with Crippen LogP contribution < -0.4 is 15.0 Å². The number of anilines is 1. The van der Waals surface area contributed by atoms with Crippen LogP contribution >= 0.6 is 0 Å². The first kappa shape index (κ1) is 39.2. The lowest BCUT2D eigenvalue weighted by atomic mass is 10.0. The summed E-state index contributed by atoms with van der Waals surface area (Å²) in [4.78, 5) is 27.5. The van der Waals surface area contributed by atoms with Gasteiger partial charge in [-0.3, -0.25) is 4.79 Å². The standard InChI is InChI=1S/C19H27N5O2.C11H10.C6H14N2.C2H6/c1-5-8-15-16(6-2)21-19(26-4)22-18(15)23-11-12-24(17(25)7-3)14(13-23)9-10-20;1-9-5-4-7-10-6-2-3-8-11(9)10;1-6-5-8(2)4-3-7-6;1-2/h7,14H,3,5-6,8-9,11-13H2,1-2,4H3;2-8H,1H3;6-7H,3-5H2,1-2H3;1-2H3. The number of likely N-dealkylation sites (N-methyl/N-ethyl adjacent to an activating group) is 1. The molecule has 2 aliphatic rings. The molecule has 2 unspecified atom stereocenters. The molecule has 0 bridgehead atoms. The number of nitrogens with zero attached hydrogens (tertiary/aromatic N) is 6. The fourth-order valence-corrected chi connectivity index (χ4v) is 5.89. The number of rotatable bonds is 7. The summed E-state index contributed by atoms with van der Waals surface area (Å²) in [6, 6.07) is 17.9. The quantitative estimate of drug-likeness (QED) is 0.304. The van der Waals surface area contributed by atoms with Crippen LogP contribution in [0.25, 0.3) is 10.8 Å². The number of piperazine rings is 2. The summed E-state index contributed by atoms with van der Waals surface area (Å²) in [7, 11) is 3.73. The lowest BCUT2D eigenvalue weighted by Gasteiger charge is -2.41. The second-order valence-electron chi connectivity index (χ2n) is 11.7. The number of aryl methyl sites for hydroxylation is 2.